The summed E-state index contributed by atoms with van der Waals surface area (Å²) in [6.07, 6.45) is 4.34. The van der Waals surface area contributed by atoms with E-state index in [2.05, 4.69) is 20.3 Å². The number of nitrogens with zero attached hydrogens (tertiary/aromatic N) is 4. The predicted molar refractivity (Wildman–Crippen MR) is 138 cm³/mol. The first-order valence-corrected chi connectivity index (χ1v) is 12.1. The minimum atomic E-state index is -0.684. The van der Waals surface area contributed by atoms with Crippen LogP contribution in [-0.2, 0) is 0 Å². The molecule has 5 rings (SSSR count). The van der Waals surface area contributed by atoms with Gasteiger partial charge in [-0.1, -0.05) is 12.1 Å². The van der Waals surface area contributed by atoms with Crippen LogP contribution in [0.3, 0.4) is 0 Å². The molecule has 1 aliphatic carbocycles. The van der Waals surface area contributed by atoms with Crippen molar-refractivity contribution in [3.63, 3.8) is 0 Å². The number of halogens is 3. The molecular formula is C27H24F3N7O. The van der Waals surface area contributed by atoms with Crippen molar-refractivity contribution in [1.29, 1.82) is 5.41 Å². The van der Waals surface area contributed by atoms with Crippen LogP contribution in [0.25, 0.3) is 22.4 Å². The number of amides is 1. The van der Waals surface area contributed by atoms with E-state index in [1.807, 2.05) is 0 Å². The highest BCUT2D eigenvalue weighted by atomic mass is 19.1. The molecule has 2 atom stereocenters. The first-order chi connectivity index (χ1) is 18.4. The van der Waals surface area contributed by atoms with Gasteiger partial charge in [0.15, 0.2) is 5.82 Å². The van der Waals surface area contributed by atoms with E-state index in [1.54, 1.807) is 28.8 Å². The molecule has 0 aliphatic heterocycles. The van der Waals surface area contributed by atoms with Crippen LogP contribution < -0.4 is 11.1 Å². The second-order valence-electron chi connectivity index (χ2n) is 9.07. The summed E-state index contributed by atoms with van der Waals surface area (Å²) in [6.45, 7) is 0. The average Bonchev–Trinajstić information content (AvgIpc) is 3.30. The first-order valence-electron chi connectivity index (χ1n) is 12.1. The van der Waals surface area contributed by atoms with Crippen molar-refractivity contribution in [2.24, 2.45) is 10.7 Å². The third kappa shape index (κ3) is 4.74. The van der Waals surface area contributed by atoms with Crippen molar-refractivity contribution in [3.8, 4) is 11.4 Å². The van der Waals surface area contributed by atoms with E-state index in [9.17, 15) is 13.6 Å². The van der Waals surface area contributed by atoms with Gasteiger partial charge in [-0.05, 0) is 56.0 Å². The Morgan fingerprint density at radius 3 is 2.74 bits per heavy atom. The summed E-state index contributed by atoms with van der Waals surface area (Å²) >= 11 is 0. The standard InChI is InChI=1S/C27H24F3N7O/c28-15-10-11-33-22(12-15)27(38)35-16-4-3-5-17(13-16)37-24-21(9-8-19(23(24)30)25(32)34-14-31)36-26(37)18-6-1-2-7-20(18)29/h1-2,6-12,14,16-17H,3-5,13H2,(H,35,38)(H3,31,32,34). The molecule has 1 amide bonds. The number of carbonyl (C=O) groups is 1. The molecule has 0 bridgehead atoms. The number of rotatable bonds is 6. The normalized spacial score (nSPS) is 17.9. The lowest BCUT2D eigenvalue weighted by molar-refractivity contribution is 0.0915. The molecule has 2 aromatic heterocycles. The molecule has 0 radical (unpaired) electrons. The molecule has 194 valence electrons. The summed E-state index contributed by atoms with van der Waals surface area (Å²) in [5.41, 5.74) is 6.51. The smallest absolute Gasteiger partial charge is 0.270 e. The number of hydrogen-bond acceptors (Lipinski definition) is 4. The third-order valence-electron chi connectivity index (χ3n) is 6.69. The number of benzene rings is 2. The van der Waals surface area contributed by atoms with Gasteiger partial charge in [0, 0.05) is 24.3 Å². The lowest BCUT2D eigenvalue weighted by Gasteiger charge is -2.32. The SMILES string of the molecule is N=CN=C(N)c1ccc2nc(-c3ccccc3F)n(C3CCCC(NC(=O)c4cc(F)ccn4)C3)c2c1F. The molecule has 1 fully saturated rings. The zero-order valence-corrected chi connectivity index (χ0v) is 20.2. The van der Waals surface area contributed by atoms with Crippen LogP contribution in [0.4, 0.5) is 13.2 Å². The summed E-state index contributed by atoms with van der Waals surface area (Å²) in [5, 5.41) is 10.1. The van der Waals surface area contributed by atoms with Crippen LogP contribution in [0, 0.1) is 22.9 Å². The fourth-order valence-corrected chi connectivity index (χ4v) is 4.99. The molecule has 2 unspecified atom stereocenters. The van der Waals surface area contributed by atoms with E-state index >= 15 is 4.39 Å². The molecular weight excluding hydrogens is 495 g/mol. The van der Waals surface area contributed by atoms with Crippen LogP contribution in [0.15, 0.2) is 59.7 Å². The highest BCUT2D eigenvalue weighted by molar-refractivity contribution is 6.03. The Kier molecular flexibility index (Phi) is 6.91. The highest BCUT2D eigenvalue weighted by Crippen LogP contribution is 2.38. The summed E-state index contributed by atoms with van der Waals surface area (Å²) in [5.74, 6) is -2.19. The van der Waals surface area contributed by atoms with E-state index in [4.69, 9.17) is 11.1 Å². The summed E-state index contributed by atoms with van der Waals surface area (Å²) in [6, 6.07) is 10.7. The Morgan fingerprint density at radius 2 is 1.97 bits per heavy atom. The fraction of sp³-hybridized carbons (Fsp3) is 0.222. The highest BCUT2D eigenvalue weighted by Gasteiger charge is 2.31. The molecule has 1 saturated carbocycles. The van der Waals surface area contributed by atoms with Gasteiger partial charge in [0.25, 0.3) is 5.91 Å². The van der Waals surface area contributed by atoms with Gasteiger partial charge in [-0.2, -0.15) is 0 Å². The summed E-state index contributed by atoms with van der Waals surface area (Å²) in [4.78, 5) is 24.9. The number of hydrogen-bond donors (Lipinski definition) is 3. The maximum absolute atomic E-state index is 16.0. The van der Waals surface area contributed by atoms with E-state index in [1.165, 1.54) is 18.3 Å². The lowest BCUT2D eigenvalue weighted by Crippen LogP contribution is -2.39. The average molecular weight is 520 g/mol. The van der Waals surface area contributed by atoms with Crippen LogP contribution >= 0.6 is 0 Å². The first kappa shape index (κ1) is 25.1. The minimum absolute atomic E-state index is 0.0000689. The second kappa shape index (κ2) is 10.4. The molecule has 1 aliphatic rings. The number of aromatic nitrogens is 3. The molecule has 11 heteroatoms. The predicted octanol–water partition coefficient (Wildman–Crippen LogP) is 4.74. The van der Waals surface area contributed by atoms with Gasteiger partial charge < -0.3 is 15.6 Å². The topological polar surface area (TPSA) is 122 Å². The number of imidazole rings is 1. The number of nitrogens with two attached hydrogens (primary N) is 1. The quantitative estimate of drug-likeness (QED) is 0.252. The Hall–Kier alpha value is -4.54. The van der Waals surface area contributed by atoms with Crippen molar-refractivity contribution in [2.75, 3.05) is 0 Å². The van der Waals surface area contributed by atoms with E-state index in [-0.39, 0.29) is 46.1 Å². The number of pyridine rings is 1. The number of aliphatic imine (C=N–C) groups is 1. The molecule has 2 heterocycles. The van der Waals surface area contributed by atoms with E-state index < -0.39 is 23.4 Å². The largest absolute Gasteiger partial charge is 0.383 e. The van der Waals surface area contributed by atoms with Gasteiger partial charge >= 0.3 is 0 Å². The van der Waals surface area contributed by atoms with Crippen molar-refractivity contribution >= 4 is 29.1 Å². The second-order valence-corrected chi connectivity index (χ2v) is 9.07. The Labute approximate surface area is 215 Å². The van der Waals surface area contributed by atoms with Crippen LogP contribution in [0.2, 0.25) is 0 Å². The van der Waals surface area contributed by atoms with Crippen molar-refractivity contribution in [1.82, 2.24) is 19.9 Å². The molecule has 38 heavy (non-hydrogen) atoms. The summed E-state index contributed by atoms with van der Waals surface area (Å²) in [7, 11) is 0. The minimum Gasteiger partial charge on any atom is -0.383 e. The Bertz CT molecular complexity index is 1570. The fourth-order valence-electron chi connectivity index (χ4n) is 4.99. The van der Waals surface area contributed by atoms with Gasteiger partial charge in [-0.3, -0.25) is 15.2 Å². The van der Waals surface area contributed by atoms with Crippen LogP contribution in [-0.4, -0.2) is 38.7 Å². The van der Waals surface area contributed by atoms with Gasteiger partial charge in [0.1, 0.15) is 40.8 Å². The monoisotopic (exact) mass is 519 g/mol. The summed E-state index contributed by atoms with van der Waals surface area (Å²) < 4.78 is 46.1. The van der Waals surface area contributed by atoms with Gasteiger partial charge in [0.05, 0.1) is 16.6 Å². The third-order valence-corrected chi connectivity index (χ3v) is 6.69. The maximum Gasteiger partial charge on any atom is 0.270 e. The van der Waals surface area contributed by atoms with Crippen molar-refractivity contribution < 1.29 is 18.0 Å². The van der Waals surface area contributed by atoms with Gasteiger partial charge in [-0.15, -0.1) is 0 Å². The van der Waals surface area contributed by atoms with Crippen molar-refractivity contribution in [2.45, 2.75) is 37.8 Å². The zero-order valence-electron chi connectivity index (χ0n) is 20.2. The van der Waals surface area contributed by atoms with Gasteiger partial charge in [0.2, 0.25) is 0 Å². The Morgan fingerprint density at radius 1 is 1.16 bits per heavy atom. The van der Waals surface area contributed by atoms with Crippen LogP contribution in [0.1, 0.15) is 47.8 Å². The Balaban J connectivity index is 1.58. The maximum atomic E-state index is 16.0. The lowest BCUT2D eigenvalue weighted by atomic mass is 9.90. The molecule has 8 nitrogen and oxygen atoms in total. The number of carbonyl (C=O) groups excluding carboxylic acids is 1. The zero-order chi connectivity index (χ0) is 26.8. The number of amidine groups is 1. The molecule has 0 saturated heterocycles. The number of fused-ring (bicyclic) bond motifs is 1. The van der Waals surface area contributed by atoms with Crippen LogP contribution in [0.5, 0.6) is 0 Å². The van der Waals surface area contributed by atoms with E-state index in [0.29, 0.717) is 31.2 Å². The molecule has 2 aromatic carbocycles. The van der Waals surface area contributed by atoms with Gasteiger partial charge in [-0.25, -0.2) is 23.1 Å². The van der Waals surface area contributed by atoms with Crippen molar-refractivity contribution in [3.05, 3.63) is 83.4 Å². The molecule has 0 spiro atoms. The number of nitrogens with one attached hydrogen (secondary N) is 2. The molecule has 4 aromatic rings. The molecule has 4 N–H and O–H groups in total. The van der Waals surface area contributed by atoms with E-state index in [0.717, 1.165) is 18.5 Å².